The zero-order valence-corrected chi connectivity index (χ0v) is 10.1. The lowest BCUT2D eigenvalue weighted by Crippen LogP contribution is -2.33. The smallest absolute Gasteiger partial charge is 0.165 e. The van der Waals surface area contributed by atoms with Crippen molar-refractivity contribution in [1.82, 2.24) is 5.32 Å². The van der Waals surface area contributed by atoms with Gasteiger partial charge in [-0.25, -0.2) is 8.78 Å². The molecule has 1 N–H and O–H groups in total. The van der Waals surface area contributed by atoms with E-state index in [2.05, 4.69) is 5.32 Å². The van der Waals surface area contributed by atoms with Crippen LogP contribution in [-0.4, -0.2) is 13.7 Å². The first-order valence-electron chi connectivity index (χ1n) is 5.78. The number of halogens is 2. The Kier molecular flexibility index (Phi) is 3.33. The third kappa shape index (κ3) is 2.14. The molecule has 2 nitrogen and oxygen atoms in total. The number of rotatable bonds is 3. The molecule has 2 rings (SSSR count). The maximum absolute atomic E-state index is 13.8. The fourth-order valence-corrected chi connectivity index (χ4v) is 2.47. The predicted octanol–water partition coefficient (Wildman–Crippen LogP) is 2.90. The summed E-state index contributed by atoms with van der Waals surface area (Å²) in [6.07, 6.45) is 1.93. The number of nitrogens with one attached hydrogen (secondary N) is 1. The van der Waals surface area contributed by atoms with Crippen molar-refractivity contribution in [3.05, 3.63) is 29.1 Å². The van der Waals surface area contributed by atoms with Crippen molar-refractivity contribution in [1.29, 1.82) is 0 Å². The molecule has 1 saturated heterocycles. The van der Waals surface area contributed by atoms with Crippen LogP contribution in [0, 0.1) is 5.82 Å². The normalized spacial score (nSPS) is 24.0. The lowest BCUT2D eigenvalue weighted by atomic mass is 9.88. The van der Waals surface area contributed by atoms with Crippen molar-refractivity contribution >= 4 is 0 Å². The van der Waals surface area contributed by atoms with E-state index < -0.39 is 12.5 Å². The van der Waals surface area contributed by atoms with Gasteiger partial charge in [0.25, 0.3) is 0 Å². The third-order valence-corrected chi connectivity index (χ3v) is 3.42. The molecule has 0 aromatic heterocycles. The maximum Gasteiger partial charge on any atom is 0.165 e. The Morgan fingerprint density at radius 1 is 1.47 bits per heavy atom. The van der Waals surface area contributed by atoms with Gasteiger partial charge in [0.1, 0.15) is 6.67 Å². The van der Waals surface area contributed by atoms with Crippen molar-refractivity contribution in [3.8, 4) is 5.75 Å². The zero-order chi connectivity index (χ0) is 12.5. The van der Waals surface area contributed by atoms with Crippen LogP contribution < -0.4 is 10.1 Å². The van der Waals surface area contributed by atoms with Crippen molar-refractivity contribution in [3.63, 3.8) is 0 Å². The van der Waals surface area contributed by atoms with Gasteiger partial charge in [-0.1, -0.05) is 0 Å². The molecule has 0 spiro atoms. The quantitative estimate of drug-likeness (QED) is 0.878. The average molecular weight is 241 g/mol. The standard InChI is InChI=1S/C13H17F2NO/c1-13(4-3-5-16-13)10-6-9(8-14)7-11(15)12(10)17-2/h6-7,16H,3-5,8H2,1-2H3. The minimum absolute atomic E-state index is 0.221. The van der Waals surface area contributed by atoms with Gasteiger partial charge < -0.3 is 10.1 Å². The molecule has 0 aliphatic carbocycles. The van der Waals surface area contributed by atoms with Crippen LogP contribution in [0.3, 0.4) is 0 Å². The SMILES string of the molecule is COc1c(F)cc(CF)cc1C1(C)CCCN1. The van der Waals surface area contributed by atoms with E-state index in [0.29, 0.717) is 11.1 Å². The first-order chi connectivity index (χ1) is 8.10. The van der Waals surface area contributed by atoms with E-state index in [9.17, 15) is 8.78 Å². The summed E-state index contributed by atoms with van der Waals surface area (Å²) in [5.74, 6) is -0.272. The molecule has 1 fully saturated rings. The van der Waals surface area contributed by atoms with Crippen LogP contribution in [-0.2, 0) is 12.2 Å². The molecule has 1 heterocycles. The van der Waals surface area contributed by atoms with Gasteiger partial charge in [0.2, 0.25) is 0 Å². The van der Waals surface area contributed by atoms with Crippen LogP contribution in [0.15, 0.2) is 12.1 Å². The van der Waals surface area contributed by atoms with E-state index in [1.807, 2.05) is 6.92 Å². The van der Waals surface area contributed by atoms with Gasteiger partial charge in [-0.3, -0.25) is 0 Å². The first-order valence-corrected chi connectivity index (χ1v) is 5.78. The number of hydrogen-bond acceptors (Lipinski definition) is 2. The van der Waals surface area contributed by atoms with Crippen LogP contribution in [0.5, 0.6) is 5.75 Å². The van der Waals surface area contributed by atoms with Gasteiger partial charge in [-0.05, 0) is 44.0 Å². The number of ether oxygens (including phenoxy) is 1. The third-order valence-electron chi connectivity index (χ3n) is 3.42. The molecule has 0 amide bonds. The van der Waals surface area contributed by atoms with E-state index in [1.54, 1.807) is 6.07 Å². The summed E-state index contributed by atoms with van der Waals surface area (Å²) in [6.45, 7) is 2.23. The van der Waals surface area contributed by atoms with Crippen LogP contribution >= 0.6 is 0 Å². The van der Waals surface area contributed by atoms with Crippen LogP contribution in [0.2, 0.25) is 0 Å². The van der Waals surface area contributed by atoms with Crippen LogP contribution in [0.4, 0.5) is 8.78 Å². The average Bonchev–Trinajstić information content (AvgIpc) is 2.76. The van der Waals surface area contributed by atoms with E-state index in [1.165, 1.54) is 13.2 Å². The summed E-state index contributed by atoms with van der Waals surface area (Å²) >= 11 is 0. The Morgan fingerprint density at radius 3 is 2.76 bits per heavy atom. The minimum Gasteiger partial charge on any atom is -0.493 e. The molecule has 4 heteroatoms. The largest absolute Gasteiger partial charge is 0.493 e. The molecule has 94 valence electrons. The Hall–Kier alpha value is -1.16. The van der Waals surface area contributed by atoms with Crippen molar-refractivity contribution in [2.45, 2.75) is 32.0 Å². The molecule has 1 aliphatic rings. The van der Waals surface area contributed by atoms with Gasteiger partial charge in [0.15, 0.2) is 11.6 Å². The molecular formula is C13H17F2NO. The first kappa shape index (κ1) is 12.3. The van der Waals surface area contributed by atoms with Crippen molar-refractivity contribution < 1.29 is 13.5 Å². The molecule has 1 aromatic rings. The predicted molar refractivity (Wildman–Crippen MR) is 62.4 cm³/mol. The summed E-state index contributed by atoms with van der Waals surface area (Å²) in [6, 6.07) is 2.89. The van der Waals surface area contributed by atoms with Gasteiger partial charge >= 0.3 is 0 Å². The molecule has 17 heavy (non-hydrogen) atoms. The molecule has 1 unspecified atom stereocenters. The number of methoxy groups -OCH3 is 1. The second-order valence-electron chi connectivity index (χ2n) is 4.65. The molecule has 0 saturated carbocycles. The van der Waals surface area contributed by atoms with E-state index in [0.717, 1.165) is 19.4 Å². The molecule has 0 bridgehead atoms. The van der Waals surface area contributed by atoms with Crippen molar-refractivity contribution in [2.24, 2.45) is 0 Å². The minimum atomic E-state index is -0.663. The maximum atomic E-state index is 13.8. The highest BCUT2D eigenvalue weighted by molar-refractivity contribution is 5.43. The van der Waals surface area contributed by atoms with Gasteiger partial charge in [-0.2, -0.15) is 0 Å². The highest BCUT2D eigenvalue weighted by Gasteiger charge is 2.34. The molecule has 1 aliphatic heterocycles. The summed E-state index contributed by atoms with van der Waals surface area (Å²) in [4.78, 5) is 0. The Bertz CT molecular complexity index is 414. The fraction of sp³-hybridized carbons (Fsp3) is 0.538. The van der Waals surface area contributed by atoms with Gasteiger partial charge in [-0.15, -0.1) is 0 Å². The summed E-state index contributed by atoms with van der Waals surface area (Å²) in [5.41, 5.74) is 0.746. The van der Waals surface area contributed by atoms with Crippen LogP contribution in [0.25, 0.3) is 0 Å². The highest BCUT2D eigenvalue weighted by Crippen LogP contribution is 2.38. The molecule has 1 aromatic carbocycles. The van der Waals surface area contributed by atoms with Crippen LogP contribution in [0.1, 0.15) is 30.9 Å². The number of hydrogen-bond donors (Lipinski definition) is 1. The Balaban J connectivity index is 2.53. The van der Waals surface area contributed by atoms with E-state index >= 15 is 0 Å². The topological polar surface area (TPSA) is 21.3 Å². The summed E-state index contributed by atoms with van der Waals surface area (Å²) < 4.78 is 31.6. The van der Waals surface area contributed by atoms with Gasteiger partial charge in [0.05, 0.1) is 7.11 Å². The van der Waals surface area contributed by atoms with Gasteiger partial charge in [0, 0.05) is 11.1 Å². The second-order valence-corrected chi connectivity index (χ2v) is 4.65. The second kappa shape index (κ2) is 4.61. The Morgan fingerprint density at radius 2 is 2.24 bits per heavy atom. The molecule has 1 atom stereocenters. The summed E-state index contributed by atoms with van der Waals surface area (Å²) in [5, 5.41) is 3.33. The summed E-state index contributed by atoms with van der Waals surface area (Å²) in [7, 11) is 1.44. The monoisotopic (exact) mass is 241 g/mol. The molecular weight excluding hydrogens is 224 g/mol. The zero-order valence-electron chi connectivity index (χ0n) is 10.1. The fourth-order valence-electron chi connectivity index (χ4n) is 2.47. The number of alkyl halides is 1. The van der Waals surface area contributed by atoms with E-state index in [-0.39, 0.29) is 11.3 Å². The lowest BCUT2D eigenvalue weighted by Gasteiger charge is -2.27. The Labute approximate surface area is 100.0 Å². The lowest BCUT2D eigenvalue weighted by molar-refractivity contribution is 0.349. The highest BCUT2D eigenvalue weighted by atomic mass is 19.1. The molecule has 0 radical (unpaired) electrons. The van der Waals surface area contributed by atoms with E-state index in [4.69, 9.17) is 4.74 Å². The number of benzene rings is 1. The van der Waals surface area contributed by atoms with Crippen molar-refractivity contribution in [2.75, 3.05) is 13.7 Å².